The van der Waals surface area contributed by atoms with E-state index in [0.29, 0.717) is 45.6 Å². The molecule has 0 aliphatic rings. The number of amides is 1. The molecule has 2 aromatic heterocycles. The zero-order valence-electron chi connectivity index (χ0n) is 18.4. The monoisotopic (exact) mass is 467 g/mol. The number of rotatable bonds is 7. The van der Waals surface area contributed by atoms with Gasteiger partial charge in [0, 0.05) is 17.7 Å². The van der Waals surface area contributed by atoms with Crippen LogP contribution in [-0.2, 0) is 6.54 Å². The van der Waals surface area contributed by atoms with Crippen LogP contribution in [0.5, 0.6) is 11.5 Å². The Morgan fingerprint density at radius 1 is 1.15 bits per heavy atom. The Hall–Kier alpha value is -3.99. The van der Waals surface area contributed by atoms with E-state index in [1.54, 1.807) is 63.1 Å². The van der Waals surface area contributed by atoms with Crippen molar-refractivity contribution in [2.24, 2.45) is 0 Å². The number of nitrogens with zero attached hydrogens (tertiary/aromatic N) is 4. The zero-order chi connectivity index (χ0) is 23.7. The third kappa shape index (κ3) is 4.35. The van der Waals surface area contributed by atoms with Crippen LogP contribution in [0.1, 0.15) is 27.3 Å². The summed E-state index contributed by atoms with van der Waals surface area (Å²) in [4.78, 5) is 27.9. The molecule has 0 saturated carbocycles. The van der Waals surface area contributed by atoms with Crippen LogP contribution in [0, 0.1) is 24.0 Å². The summed E-state index contributed by atoms with van der Waals surface area (Å²) in [7, 11) is 3.12. The lowest BCUT2D eigenvalue weighted by atomic mass is 10.1. The number of fused-ring (bicyclic) bond motifs is 1. The van der Waals surface area contributed by atoms with Crippen molar-refractivity contribution >= 4 is 38.3 Å². The first-order valence-electron chi connectivity index (χ1n) is 9.92. The van der Waals surface area contributed by atoms with E-state index in [2.05, 4.69) is 15.4 Å². The van der Waals surface area contributed by atoms with Crippen LogP contribution in [0.2, 0.25) is 0 Å². The fourth-order valence-corrected chi connectivity index (χ4v) is 4.39. The molecule has 2 heterocycles. The van der Waals surface area contributed by atoms with Crippen LogP contribution < -0.4 is 14.8 Å². The first-order chi connectivity index (χ1) is 15.8. The Labute approximate surface area is 192 Å². The van der Waals surface area contributed by atoms with E-state index in [-0.39, 0.29) is 11.6 Å². The molecule has 0 bridgehead atoms. The van der Waals surface area contributed by atoms with Crippen LogP contribution in [0.3, 0.4) is 0 Å². The third-order valence-corrected chi connectivity index (χ3v) is 6.12. The second-order valence-electron chi connectivity index (χ2n) is 7.28. The maximum atomic E-state index is 12.7. The van der Waals surface area contributed by atoms with Gasteiger partial charge in [-0.2, -0.15) is 5.10 Å². The highest BCUT2D eigenvalue weighted by molar-refractivity contribution is 7.22. The van der Waals surface area contributed by atoms with Crippen molar-refractivity contribution in [2.45, 2.75) is 20.4 Å². The number of methoxy groups -OCH3 is 2. The number of benzene rings is 2. The summed E-state index contributed by atoms with van der Waals surface area (Å²) in [5.41, 5.74) is 2.92. The average molecular weight is 468 g/mol. The first kappa shape index (κ1) is 22.2. The number of nitro groups is 1. The lowest BCUT2D eigenvalue weighted by Crippen LogP contribution is -2.12. The number of aryl methyl sites for hydroxylation is 1. The molecule has 0 unspecified atom stereocenters. The minimum Gasteiger partial charge on any atom is -0.493 e. The van der Waals surface area contributed by atoms with Gasteiger partial charge in [-0.1, -0.05) is 23.5 Å². The third-order valence-electron chi connectivity index (χ3n) is 5.19. The van der Waals surface area contributed by atoms with E-state index in [0.717, 1.165) is 10.3 Å². The molecule has 0 aliphatic heterocycles. The molecule has 1 N–H and O–H groups in total. The number of thiazole rings is 1. The summed E-state index contributed by atoms with van der Waals surface area (Å²) in [5.74, 6) is 0.869. The quantitative estimate of drug-likeness (QED) is 0.317. The van der Waals surface area contributed by atoms with Crippen LogP contribution in [0.15, 0.2) is 36.4 Å². The number of aromatic nitrogens is 3. The molecular formula is C22H21N5O5S. The molecule has 33 heavy (non-hydrogen) atoms. The molecule has 4 rings (SSSR count). The minimum absolute atomic E-state index is 0.0251. The number of hydrogen-bond acceptors (Lipinski definition) is 8. The molecule has 170 valence electrons. The fraction of sp³-hybridized carbons (Fsp3) is 0.227. The van der Waals surface area contributed by atoms with Crippen molar-refractivity contribution in [1.29, 1.82) is 0 Å². The molecule has 0 saturated heterocycles. The average Bonchev–Trinajstić information content (AvgIpc) is 3.31. The van der Waals surface area contributed by atoms with E-state index in [4.69, 9.17) is 9.47 Å². The van der Waals surface area contributed by atoms with Crippen molar-refractivity contribution in [3.8, 4) is 11.5 Å². The Balaban J connectivity index is 1.49. The highest BCUT2D eigenvalue weighted by Gasteiger charge is 2.21. The van der Waals surface area contributed by atoms with Crippen molar-refractivity contribution in [3.05, 3.63) is 69.0 Å². The second kappa shape index (κ2) is 8.87. The molecule has 0 atom stereocenters. The van der Waals surface area contributed by atoms with E-state index in [1.807, 2.05) is 6.07 Å². The number of ether oxygens (including phenoxy) is 2. The van der Waals surface area contributed by atoms with Crippen molar-refractivity contribution in [3.63, 3.8) is 0 Å². The zero-order valence-corrected chi connectivity index (χ0v) is 19.2. The van der Waals surface area contributed by atoms with E-state index in [1.165, 1.54) is 11.3 Å². The van der Waals surface area contributed by atoms with Gasteiger partial charge in [0.1, 0.15) is 11.4 Å². The molecule has 0 radical (unpaired) electrons. The fourth-order valence-electron chi connectivity index (χ4n) is 3.52. The largest absolute Gasteiger partial charge is 0.493 e. The molecule has 1 amide bonds. The molecular weight excluding hydrogens is 446 g/mol. The SMILES string of the molecule is COc1cc2nc(NC(=O)c3ccc(Cn4nc(C)c([N+](=O)[O-])c4C)cc3)sc2cc1OC. The predicted octanol–water partition coefficient (Wildman–Crippen LogP) is 4.34. The van der Waals surface area contributed by atoms with Crippen molar-refractivity contribution < 1.29 is 19.2 Å². The van der Waals surface area contributed by atoms with Gasteiger partial charge >= 0.3 is 5.69 Å². The van der Waals surface area contributed by atoms with Crippen LogP contribution in [-0.4, -0.2) is 39.8 Å². The minimum atomic E-state index is -0.421. The number of hydrogen-bond donors (Lipinski definition) is 1. The van der Waals surface area contributed by atoms with Crippen LogP contribution in [0.4, 0.5) is 10.8 Å². The predicted molar refractivity (Wildman–Crippen MR) is 125 cm³/mol. The highest BCUT2D eigenvalue weighted by atomic mass is 32.1. The molecule has 10 nitrogen and oxygen atoms in total. The van der Waals surface area contributed by atoms with Gasteiger partial charge in [-0.15, -0.1) is 0 Å². The van der Waals surface area contributed by atoms with E-state index >= 15 is 0 Å². The van der Waals surface area contributed by atoms with Crippen molar-refractivity contribution in [1.82, 2.24) is 14.8 Å². The summed E-state index contributed by atoms with van der Waals surface area (Å²) in [6.07, 6.45) is 0. The van der Waals surface area contributed by atoms with Gasteiger partial charge in [-0.3, -0.25) is 24.9 Å². The van der Waals surface area contributed by atoms with Crippen LogP contribution in [0.25, 0.3) is 10.2 Å². The maximum absolute atomic E-state index is 12.7. The van der Waals surface area contributed by atoms with Gasteiger partial charge in [0.05, 0.1) is 35.9 Å². The molecule has 0 spiro atoms. The molecule has 11 heteroatoms. The van der Waals surface area contributed by atoms with Gasteiger partial charge in [-0.05, 0) is 31.5 Å². The highest BCUT2D eigenvalue weighted by Crippen LogP contribution is 2.36. The van der Waals surface area contributed by atoms with Gasteiger partial charge in [0.15, 0.2) is 16.6 Å². The van der Waals surface area contributed by atoms with Gasteiger partial charge in [-0.25, -0.2) is 4.98 Å². The Morgan fingerprint density at radius 2 is 1.82 bits per heavy atom. The molecule has 2 aromatic carbocycles. The van der Waals surface area contributed by atoms with Gasteiger partial charge in [0.2, 0.25) is 0 Å². The number of carbonyl (C=O) groups excluding carboxylic acids is 1. The number of carbonyl (C=O) groups is 1. The normalized spacial score (nSPS) is 10.9. The topological polar surface area (TPSA) is 121 Å². The van der Waals surface area contributed by atoms with E-state index < -0.39 is 4.92 Å². The smallest absolute Gasteiger partial charge is 0.312 e. The summed E-state index contributed by atoms with van der Waals surface area (Å²) < 4.78 is 13.1. The summed E-state index contributed by atoms with van der Waals surface area (Å²) in [5, 5.41) is 18.7. The Morgan fingerprint density at radius 3 is 2.42 bits per heavy atom. The summed E-state index contributed by atoms with van der Waals surface area (Å²) in [6, 6.07) is 10.6. The lowest BCUT2D eigenvalue weighted by molar-refractivity contribution is -0.386. The molecule has 0 aliphatic carbocycles. The van der Waals surface area contributed by atoms with Gasteiger partial charge in [0.25, 0.3) is 5.91 Å². The second-order valence-corrected chi connectivity index (χ2v) is 8.31. The molecule has 0 fully saturated rings. The first-order valence-corrected chi connectivity index (χ1v) is 10.7. The van der Waals surface area contributed by atoms with E-state index in [9.17, 15) is 14.9 Å². The van der Waals surface area contributed by atoms with Crippen molar-refractivity contribution in [2.75, 3.05) is 19.5 Å². The summed E-state index contributed by atoms with van der Waals surface area (Å²) in [6.45, 7) is 3.65. The van der Waals surface area contributed by atoms with Gasteiger partial charge < -0.3 is 9.47 Å². The summed E-state index contributed by atoms with van der Waals surface area (Å²) >= 11 is 1.34. The Kier molecular flexibility index (Phi) is 5.97. The Bertz CT molecular complexity index is 1320. The lowest BCUT2D eigenvalue weighted by Gasteiger charge is -2.06. The standard InChI is InChI=1S/C22H21N5O5S/c1-12-20(27(29)30)13(2)26(25-12)11-14-5-7-15(8-6-14)21(28)24-22-23-16-9-17(31-3)18(32-4)10-19(16)33-22/h5-10H,11H2,1-4H3,(H,23,24,28). The van der Waals surface area contributed by atoms with Crippen LogP contribution >= 0.6 is 11.3 Å². The maximum Gasteiger partial charge on any atom is 0.312 e. The molecule has 4 aromatic rings. The number of nitrogens with one attached hydrogen (secondary N) is 1. The number of anilines is 1.